The Bertz CT molecular complexity index is 428. The molecule has 98 valence electrons. The van der Waals surface area contributed by atoms with Crippen molar-refractivity contribution in [3.8, 4) is 0 Å². The molecule has 5 nitrogen and oxygen atoms in total. The highest BCUT2D eigenvalue weighted by Gasteiger charge is 2.33. The molecule has 1 fully saturated rings. The van der Waals surface area contributed by atoms with Crippen molar-refractivity contribution in [1.29, 1.82) is 0 Å². The predicted octanol–water partition coefficient (Wildman–Crippen LogP) is 1.30. The normalized spacial score (nSPS) is 23.0. The summed E-state index contributed by atoms with van der Waals surface area (Å²) in [6.45, 7) is 3.82. The number of rotatable bonds is 4. The summed E-state index contributed by atoms with van der Waals surface area (Å²) in [5.74, 6) is 0.189. The number of aromatic nitrogens is 1. The fourth-order valence-corrected chi connectivity index (χ4v) is 2.14. The zero-order chi connectivity index (χ0) is 13.0. The predicted molar refractivity (Wildman–Crippen MR) is 69.7 cm³/mol. The number of hydrogen-bond donors (Lipinski definition) is 2. The standard InChI is InChI=1S/C12H16ClN3O2/c1-2-14-9-7-18-6-8(9)12(17)16-11-5-3-4-10(13)15-11/h3-5,8-9,14H,2,6-7H2,1H3,(H,15,16,17). The van der Waals surface area contributed by atoms with Gasteiger partial charge in [0.2, 0.25) is 5.91 Å². The third kappa shape index (κ3) is 3.19. The number of carbonyl (C=O) groups is 1. The van der Waals surface area contributed by atoms with Crippen LogP contribution in [0.1, 0.15) is 6.92 Å². The molecule has 1 aliphatic rings. The van der Waals surface area contributed by atoms with Crippen molar-refractivity contribution >= 4 is 23.3 Å². The van der Waals surface area contributed by atoms with E-state index < -0.39 is 0 Å². The Balaban J connectivity index is 1.99. The molecule has 18 heavy (non-hydrogen) atoms. The van der Waals surface area contributed by atoms with Gasteiger partial charge in [0.05, 0.1) is 19.1 Å². The lowest BCUT2D eigenvalue weighted by Crippen LogP contribution is -2.41. The van der Waals surface area contributed by atoms with Crippen LogP contribution < -0.4 is 10.6 Å². The number of pyridine rings is 1. The summed E-state index contributed by atoms with van der Waals surface area (Å²) in [6, 6.07) is 5.19. The van der Waals surface area contributed by atoms with Gasteiger partial charge >= 0.3 is 0 Å². The van der Waals surface area contributed by atoms with E-state index in [1.165, 1.54) is 0 Å². The molecule has 0 bridgehead atoms. The van der Waals surface area contributed by atoms with Gasteiger partial charge in [0.15, 0.2) is 0 Å². The van der Waals surface area contributed by atoms with Crippen molar-refractivity contribution in [2.24, 2.45) is 5.92 Å². The number of anilines is 1. The van der Waals surface area contributed by atoms with Crippen molar-refractivity contribution in [2.45, 2.75) is 13.0 Å². The molecule has 2 heterocycles. The van der Waals surface area contributed by atoms with Crippen molar-refractivity contribution in [3.05, 3.63) is 23.4 Å². The molecule has 1 aromatic heterocycles. The lowest BCUT2D eigenvalue weighted by atomic mass is 10.0. The summed E-state index contributed by atoms with van der Waals surface area (Å²) in [5, 5.41) is 6.36. The van der Waals surface area contributed by atoms with E-state index >= 15 is 0 Å². The lowest BCUT2D eigenvalue weighted by Gasteiger charge is -2.17. The minimum absolute atomic E-state index is 0.0641. The highest BCUT2D eigenvalue weighted by molar-refractivity contribution is 6.29. The Morgan fingerprint density at radius 1 is 1.56 bits per heavy atom. The Labute approximate surface area is 111 Å². The second kappa shape index (κ2) is 6.13. The largest absolute Gasteiger partial charge is 0.379 e. The van der Waals surface area contributed by atoms with Gasteiger partial charge in [-0.15, -0.1) is 0 Å². The molecule has 0 aliphatic carbocycles. The zero-order valence-corrected chi connectivity index (χ0v) is 10.9. The lowest BCUT2D eigenvalue weighted by molar-refractivity contribution is -0.120. The number of likely N-dealkylation sites (N-methyl/N-ethyl adjacent to an activating group) is 1. The average molecular weight is 270 g/mol. The van der Waals surface area contributed by atoms with Gasteiger partial charge in [0, 0.05) is 6.04 Å². The maximum atomic E-state index is 12.1. The molecule has 2 atom stereocenters. The van der Waals surface area contributed by atoms with Crippen molar-refractivity contribution in [3.63, 3.8) is 0 Å². The number of carbonyl (C=O) groups excluding carboxylic acids is 1. The molecular weight excluding hydrogens is 254 g/mol. The first-order chi connectivity index (χ1) is 8.70. The first kappa shape index (κ1) is 13.3. The Morgan fingerprint density at radius 3 is 3.11 bits per heavy atom. The van der Waals surface area contributed by atoms with Crippen molar-refractivity contribution in [1.82, 2.24) is 10.3 Å². The van der Waals surface area contributed by atoms with Gasteiger partial charge in [-0.2, -0.15) is 0 Å². The Morgan fingerprint density at radius 2 is 2.39 bits per heavy atom. The minimum Gasteiger partial charge on any atom is -0.379 e. The summed E-state index contributed by atoms with van der Waals surface area (Å²) in [7, 11) is 0. The highest BCUT2D eigenvalue weighted by atomic mass is 35.5. The van der Waals surface area contributed by atoms with Crippen LogP contribution in [0.2, 0.25) is 5.15 Å². The molecule has 2 unspecified atom stereocenters. The van der Waals surface area contributed by atoms with Crippen LogP contribution in [0, 0.1) is 5.92 Å². The second-order valence-electron chi connectivity index (χ2n) is 4.14. The van der Waals surface area contributed by atoms with E-state index in [2.05, 4.69) is 15.6 Å². The van der Waals surface area contributed by atoms with Crippen LogP contribution in [0.25, 0.3) is 0 Å². The SMILES string of the molecule is CCNC1COCC1C(=O)Nc1cccc(Cl)n1. The van der Waals surface area contributed by atoms with Gasteiger partial charge in [0.1, 0.15) is 11.0 Å². The fraction of sp³-hybridized carbons (Fsp3) is 0.500. The van der Waals surface area contributed by atoms with Crippen LogP contribution in [0.15, 0.2) is 18.2 Å². The van der Waals surface area contributed by atoms with Gasteiger partial charge in [-0.25, -0.2) is 4.98 Å². The van der Waals surface area contributed by atoms with E-state index in [-0.39, 0.29) is 17.9 Å². The Hall–Kier alpha value is -1.17. The number of amides is 1. The summed E-state index contributed by atoms with van der Waals surface area (Å²) in [6.07, 6.45) is 0. The molecule has 1 aliphatic heterocycles. The van der Waals surface area contributed by atoms with Crippen LogP contribution >= 0.6 is 11.6 Å². The van der Waals surface area contributed by atoms with Gasteiger partial charge in [-0.3, -0.25) is 4.79 Å². The number of nitrogens with zero attached hydrogens (tertiary/aromatic N) is 1. The highest BCUT2D eigenvalue weighted by Crippen LogP contribution is 2.17. The number of nitrogens with one attached hydrogen (secondary N) is 2. The van der Waals surface area contributed by atoms with Crippen LogP contribution in [0.4, 0.5) is 5.82 Å². The van der Waals surface area contributed by atoms with E-state index in [1.807, 2.05) is 6.92 Å². The molecule has 2 N–H and O–H groups in total. The molecule has 0 aromatic carbocycles. The first-order valence-corrected chi connectivity index (χ1v) is 6.33. The quantitative estimate of drug-likeness (QED) is 0.809. The van der Waals surface area contributed by atoms with Gasteiger partial charge in [-0.05, 0) is 18.7 Å². The zero-order valence-electron chi connectivity index (χ0n) is 10.1. The van der Waals surface area contributed by atoms with Gasteiger partial charge in [0.25, 0.3) is 0 Å². The molecule has 0 radical (unpaired) electrons. The van der Waals surface area contributed by atoms with Crippen LogP contribution in [0.5, 0.6) is 0 Å². The van der Waals surface area contributed by atoms with E-state index in [1.54, 1.807) is 18.2 Å². The topological polar surface area (TPSA) is 63.2 Å². The number of halogens is 1. The summed E-state index contributed by atoms with van der Waals surface area (Å²) >= 11 is 5.77. The Kier molecular flexibility index (Phi) is 4.52. The number of hydrogen-bond acceptors (Lipinski definition) is 4. The summed E-state index contributed by atoms with van der Waals surface area (Å²) in [4.78, 5) is 16.1. The maximum absolute atomic E-state index is 12.1. The van der Waals surface area contributed by atoms with Crippen LogP contribution in [0.3, 0.4) is 0 Å². The maximum Gasteiger partial charge on any atom is 0.232 e. The molecule has 1 aromatic rings. The van der Waals surface area contributed by atoms with E-state index in [4.69, 9.17) is 16.3 Å². The van der Waals surface area contributed by atoms with Gasteiger partial charge in [-0.1, -0.05) is 24.6 Å². The van der Waals surface area contributed by atoms with Crippen molar-refractivity contribution < 1.29 is 9.53 Å². The molecule has 6 heteroatoms. The third-order valence-corrected chi connectivity index (χ3v) is 3.06. The molecule has 1 amide bonds. The van der Waals surface area contributed by atoms with E-state index in [9.17, 15) is 4.79 Å². The van der Waals surface area contributed by atoms with Crippen molar-refractivity contribution in [2.75, 3.05) is 25.1 Å². The van der Waals surface area contributed by atoms with E-state index in [0.29, 0.717) is 24.2 Å². The first-order valence-electron chi connectivity index (χ1n) is 5.95. The molecule has 0 spiro atoms. The molecule has 2 rings (SSSR count). The second-order valence-corrected chi connectivity index (χ2v) is 4.53. The number of ether oxygens (including phenoxy) is 1. The smallest absolute Gasteiger partial charge is 0.232 e. The average Bonchev–Trinajstić information content (AvgIpc) is 2.78. The molecule has 1 saturated heterocycles. The third-order valence-electron chi connectivity index (χ3n) is 2.85. The molecule has 0 saturated carbocycles. The summed E-state index contributed by atoms with van der Waals surface area (Å²) < 4.78 is 5.34. The van der Waals surface area contributed by atoms with Gasteiger partial charge < -0.3 is 15.4 Å². The minimum atomic E-state index is -0.189. The fourth-order valence-electron chi connectivity index (χ4n) is 1.97. The van der Waals surface area contributed by atoms with E-state index in [0.717, 1.165) is 6.54 Å². The van der Waals surface area contributed by atoms with Crippen LogP contribution in [-0.2, 0) is 9.53 Å². The monoisotopic (exact) mass is 269 g/mol. The van der Waals surface area contributed by atoms with Crippen LogP contribution in [-0.4, -0.2) is 36.7 Å². The summed E-state index contributed by atoms with van der Waals surface area (Å²) in [5.41, 5.74) is 0. The molecular formula is C12H16ClN3O2.